The van der Waals surface area contributed by atoms with E-state index < -0.39 is 0 Å². The van der Waals surface area contributed by atoms with Gasteiger partial charge < -0.3 is 0 Å². The SMILES string of the molecule is CCCC(CCC)C1=NC(c2ccc3c(c2)C(C)CCC3)=CC1. The third kappa shape index (κ3) is 3.59. The summed E-state index contributed by atoms with van der Waals surface area (Å²) < 4.78 is 0. The van der Waals surface area contributed by atoms with Gasteiger partial charge in [0.1, 0.15) is 0 Å². The molecule has 2 aliphatic rings. The Morgan fingerprint density at radius 1 is 1.17 bits per heavy atom. The predicted molar refractivity (Wildman–Crippen MR) is 101 cm³/mol. The van der Waals surface area contributed by atoms with Gasteiger partial charge in [-0.1, -0.05) is 51.8 Å². The van der Waals surface area contributed by atoms with Gasteiger partial charge in [0.2, 0.25) is 0 Å². The van der Waals surface area contributed by atoms with E-state index in [4.69, 9.17) is 4.99 Å². The second-order valence-corrected chi connectivity index (χ2v) is 7.38. The predicted octanol–water partition coefficient (Wildman–Crippen LogP) is 6.53. The minimum atomic E-state index is 0.690. The second kappa shape index (κ2) is 7.47. The molecular formula is C22H31N. The largest absolute Gasteiger partial charge is 0.257 e. The molecule has 0 saturated carbocycles. The van der Waals surface area contributed by atoms with Crippen LogP contribution in [0.5, 0.6) is 0 Å². The Morgan fingerprint density at radius 2 is 1.96 bits per heavy atom. The van der Waals surface area contributed by atoms with Gasteiger partial charge in [0.05, 0.1) is 5.70 Å². The maximum atomic E-state index is 5.05. The van der Waals surface area contributed by atoms with Crippen molar-refractivity contribution in [2.45, 2.75) is 78.1 Å². The molecule has 1 atom stereocenters. The number of allylic oxidation sites excluding steroid dienone is 1. The maximum absolute atomic E-state index is 5.05. The standard InChI is InChI=1S/C22H31N/c1-4-7-18(8-5-2)21-13-14-22(23-21)19-12-11-17-10-6-9-16(3)20(17)15-19/h11-12,14-16,18H,4-10,13H2,1-3H3. The van der Waals surface area contributed by atoms with Gasteiger partial charge in [0.25, 0.3) is 0 Å². The summed E-state index contributed by atoms with van der Waals surface area (Å²) in [6.45, 7) is 6.95. The molecule has 0 saturated heterocycles. The first kappa shape index (κ1) is 16.5. The Bertz CT molecular complexity index is 602. The molecule has 0 radical (unpaired) electrons. The van der Waals surface area contributed by atoms with Crippen molar-refractivity contribution in [2.24, 2.45) is 10.9 Å². The Kier molecular flexibility index (Phi) is 5.35. The molecule has 1 aromatic rings. The molecule has 1 heterocycles. The highest BCUT2D eigenvalue weighted by molar-refractivity contribution is 5.97. The summed E-state index contributed by atoms with van der Waals surface area (Å²) >= 11 is 0. The summed E-state index contributed by atoms with van der Waals surface area (Å²) in [6, 6.07) is 7.07. The number of aliphatic imine (C=N–C) groups is 1. The summed E-state index contributed by atoms with van der Waals surface area (Å²) in [5, 5.41) is 0. The highest BCUT2D eigenvalue weighted by Crippen LogP contribution is 2.35. The van der Waals surface area contributed by atoms with E-state index in [1.54, 1.807) is 11.1 Å². The van der Waals surface area contributed by atoms with Crippen molar-refractivity contribution in [1.82, 2.24) is 0 Å². The lowest BCUT2D eigenvalue weighted by molar-refractivity contribution is 0.555. The number of fused-ring (bicyclic) bond motifs is 1. The second-order valence-electron chi connectivity index (χ2n) is 7.38. The van der Waals surface area contributed by atoms with Gasteiger partial charge in [-0.25, -0.2) is 0 Å². The van der Waals surface area contributed by atoms with Crippen molar-refractivity contribution in [3.63, 3.8) is 0 Å². The fourth-order valence-electron chi connectivity index (χ4n) is 4.26. The van der Waals surface area contributed by atoms with Crippen molar-refractivity contribution in [2.75, 3.05) is 0 Å². The fraction of sp³-hybridized carbons (Fsp3) is 0.591. The molecule has 0 amide bonds. The lowest BCUT2D eigenvalue weighted by Crippen LogP contribution is -2.12. The van der Waals surface area contributed by atoms with Gasteiger partial charge in [-0.15, -0.1) is 0 Å². The average Bonchev–Trinajstić information content (AvgIpc) is 3.05. The molecule has 0 fully saturated rings. The van der Waals surface area contributed by atoms with Crippen LogP contribution in [-0.4, -0.2) is 5.71 Å². The molecule has 1 aliphatic heterocycles. The van der Waals surface area contributed by atoms with Gasteiger partial charge in [-0.05, 0) is 61.1 Å². The fourth-order valence-corrected chi connectivity index (χ4v) is 4.26. The van der Waals surface area contributed by atoms with Crippen LogP contribution in [0.25, 0.3) is 5.70 Å². The molecule has 3 rings (SSSR count). The van der Waals surface area contributed by atoms with Gasteiger partial charge >= 0.3 is 0 Å². The summed E-state index contributed by atoms with van der Waals surface area (Å²) in [5.74, 6) is 1.40. The van der Waals surface area contributed by atoms with Crippen LogP contribution in [0.1, 0.15) is 88.3 Å². The van der Waals surface area contributed by atoms with E-state index in [-0.39, 0.29) is 0 Å². The molecule has 0 aromatic heterocycles. The van der Waals surface area contributed by atoms with Crippen LogP contribution in [0.3, 0.4) is 0 Å². The van der Waals surface area contributed by atoms with E-state index in [1.807, 2.05) is 0 Å². The van der Waals surface area contributed by atoms with Crippen LogP contribution in [0.2, 0.25) is 0 Å². The number of aryl methyl sites for hydroxylation is 1. The maximum Gasteiger partial charge on any atom is 0.0665 e. The first-order valence-electron chi connectivity index (χ1n) is 9.63. The summed E-state index contributed by atoms with van der Waals surface area (Å²) in [5.41, 5.74) is 7.11. The van der Waals surface area contributed by atoms with Gasteiger partial charge in [-0.3, -0.25) is 4.99 Å². The van der Waals surface area contributed by atoms with Crippen LogP contribution in [-0.2, 0) is 6.42 Å². The zero-order chi connectivity index (χ0) is 16.2. The molecule has 1 aromatic carbocycles. The third-order valence-corrected chi connectivity index (χ3v) is 5.57. The Morgan fingerprint density at radius 3 is 2.70 bits per heavy atom. The van der Waals surface area contributed by atoms with Crippen molar-refractivity contribution in [3.8, 4) is 0 Å². The Labute approximate surface area is 141 Å². The topological polar surface area (TPSA) is 12.4 Å². The first-order chi connectivity index (χ1) is 11.2. The third-order valence-electron chi connectivity index (χ3n) is 5.57. The quantitative estimate of drug-likeness (QED) is 0.566. The van der Waals surface area contributed by atoms with E-state index in [9.17, 15) is 0 Å². The number of nitrogens with zero attached hydrogens (tertiary/aromatic N) is 1. The number of hydrogen-bond donors (Lipinski definition) is 0. The highest BCUT2D eigenvalue weighted by atomic mass is 14.8. The van der Waals surface area contributed by atoms with Crippen LogP contribution in [0.4, 0.5) is 0 Å². The molecule has 1 aliphatic carbocycles. The van der Waals surface area contributed by atoms with E-state index in [0.29, 0.717) is 11.8 Å². The Hall–Kier alpha value is -1.37. The minimum absolute atomic E-state index is 0.690. The van der Waals surface area contributed by atoms with E-state index >= 15 is 0 Å². The zero-order valence-electron chi connectivity index (χ0n) is 15.1. The van der Waals surface area contributed by atoms with Crippen molar-refractivity contribution in [3.05, 3.63) is 41.0 Å². The lowest BCUT2D eigenvalue weighted by atomic mass is 9.83. The average molecular weight is 309 g/mol. The molecule has 0 bridgehead atoms. The molecule has 23 heavy (non-hydrogen) atoms. The monoisotopic (exact) mass is 309 g/mol. The van der Waals surface area contributed by atoms with Crippen LogP contribution < -0.4 is 0 Å². The molecule has 0 N–H and O–H groups in total. The van der Waals surface area contributed by atoms with E-state index in [1.165, 1.54) is 61.9 Å². The number of rotatable bonds is 6. The normalized spacial score (nSPS) is 20.4. The summed E-state index contributed by atoms with van der Waals surface area (Å²) in [7, 11) is 0. The van der Waals surface area contributed by atoms with Gasteiger partial charge in [0, 0.05) is 17.7 Å². The molecule has 0 spiro atoms. The molecule has 1 nitrogen and oxygen atoms in total. The smallest absolute Gasteiger partial charge is 0.0665 e. The lowest BCUT2D eigenvalue weighted by Gasteiger charge is -2.23. The number of hydrogen-bond acceptors (Lipinski definition) is 1. The zero-order valence-corrected chi connectivity index (χ0v) is 15.1. The number of benzene rings is 1. The Balaban J connectivity index is 1.81. The minimum Gasteiger partial charge on any atom is -0.257 e. The molecule has 124 valence electrons. The van der Waals surface area contributed by atoms with Crippen molar-refractivity contribution in [1.29, 1.82) is 0 Å². The van der Waals surface area contributed by atoms with Crippen LogP contribution >= 0.6 is 0 Å². The van der Waals surface area contributed by atoms with Gasteiger partial charge in [-0.2, -0.15) is 0 Å². The van der Waals surface area contributed by atoms with Gasteiger partial charge in [0.15, 0.2) is 0 Å². The van der Waals surface area contributed by atoms with Crippen molar-refractivity contribution >= 4 is 11.4 Å². The molecular weight excluding hydrogens is 278 g/mol. The molecule has 1 unspecified atom stereocenters. The van der Waals surface area contributed by atoms with Crippen molar-refractivity contribution < 1.29 is 0 Å². The van der Waals surface area contributed by atoms with E-state index in [2.05, 4.69) is 45.0 Å². The van der Waals surface area contributed by atoms with Crippen LogP contribution in [0, 0.1) is 5.92 Å². The van der Waals surface area contributed by atoms with Crippen LogP contribution in [0.15, 0.2) is 29.3 Å². The highest BCUT2D eigenvalue weighted by Gasteiger charge is 2.21. The summed E-state index contributed by atoms with van der Waals surface area (Å²) in [6.07, 6.45) is 12.4. The van der Waals surface area contributed by atoms with E-state index in [0.717, 1.165) is 6.42 Å². The first-order valence-corrected chi connectivity index (χ1v) is 9.63. The molecule has 1 heteroatoms. The summed E-state index contributed by atoms with van der Waals surface area (Å²) in [4.78, 5) is 5.05.